The third-order valence-corrected chi connectivity index (χ3v) is 4.49. The van der Waals surface area contributed by atoms with Crippen molar-refractivity contribution in [1.82, 2.24) is 4.90 Å². The molecule has 1 aliphatic heterocycles. The topological polar surface area (TPSA) is 69.6 Å². The van der Waals surface area contributed by atoms with Crippen LogP contribution >= 0.6 is 15.9 Å². The molecule has 114 valence electrons. The number of likely N-dealkylation sites (tertiary alicyclic amines) is 1. The molecular weight excluding hydrogens is 336 g/mol. The predicted molar refractivity (Wildman–Crippen MR) is 84.2 cm³/mol. The Morgan fingerprint density at radius 3 is 2.62 bits per heavy atom. The van der Waals surface area contributed by atoms with E-state index in [9.17, 15) is 14.7 Å². The standard InChI is InChI=1S/C15H19BrN2O3/c1-15(14(20)21)8-2-3-9-18(15)10-13(19)17-12-6-4-11(16)5-7-12/h4-7H,2-3,8-10H2,1H3,(H,17,19)(H,20,21). The summed E-state index contributed by atoms with van der Waals surface area (Å²) in [4.78, 5) is 25.4. The number of piperidine rings is 1. The van der Waals surface area contributed by atoms with Crippen molar-refractivity contribution in [3.8, 4) is 0 Å². The van der Waals surface area contributed by atoms with Crippen LogP contribution in [-0.2, 0) is 9.59 Å². The Bertz CT molecular complexity index is 532. The third kappa shape index (κ3) is 3.83. The number of carboxylic acid groups (broad SMARTS) is 1. The molecule has 0 aliphatic carbocycles. The summed E-state index contributed by atoms with van der Waals surface area (Å²) in [5.41, 5.74) is -0.243. The Labute approximate surface area is 132 Å². The lowest BCUT2D eigenvalue weighted by Gasteiger charge is -2.41. The molecule has 1 aliphatic rings. The summed E-state index contributed by atoms with van der Waals surface area (Å²) in [6.07, 6.45) is 2.38. The van der Waals surface area contributed by atoms with Crippen LogP contribution in [0.5, 0.6) is 0 Å². The highest BCUT2D eigenvalue weighted by Gasteiger charge is 2.41. The first-order chi connectivity index (χ1) is 9.91. The van der Waals surface area contributed by atoms with Crippen molar-refractivity contribution in [2.45, 2.75) is 31.7 Å². The number of anilines is 1. The minimum absolute atomic E-state index is 0.0961. The van der Waals surface area contributed by atoms with E-state index in [0.717, 1.165) is 17.3 Å². The van der Waals surface area contributed by atoms with Gasteiger partial charge in [-0.05, 0) is 57.0 Å². The molecule has 2 rings (SSSR count). The van der Waals surface area contributed by atoms with E-state index >= 15 is 0 Å². The summed E-state index contributed by atoms with van der Waals surface area (Å²) in [7, 11) is 0. The van der Waals surface area contributed by atoms with Crippen LogP contribution < -0.4 is 5.32 Å². The first-order valence-corrected chi connectivity index (χ1v) is 7.75. The first kappa shape index (κ1) is 16.0. The number of nitrogens with one attached hydrogen (secondary N) is 1. The van der Waals surface area contributed by atoms with E-state index in [1.165, 1.54) is 0 Å². The monoisotopic (exact) mass is 354 g/mol. The average Bonchev–Trinajstić information content (AvgIpc) is 2.44. The van der Waals surface area contributed by atoms with Crippen molar-refractivity contribution in [2.75, 3.05) is 18.4 Å². The molecule has 0 aromatic heterocycles. The van der Waals surface area contributed by atoms with Crippen molar-refractivity contribution < 1.29 is 14.7 Å². The fraction of sp³-hybridized carbons (Fsp3) is 0.467. The van der Waals surface area contributed by atoms with Gasteiger partial charge in [-0.2, -0.15) is 0 Å². The van der Waals surface area contributed by atoms with Crippen LogP contribution in [0.25, 0.3) is 0 Å². The van der Waals surface area contributed by atoms with Crippen LogP contribution in [-0.4, -0.2) is 40.5 Å². The Hall–Kier alpha value is -1.40. The van der Waals surface area contributed by atoms with Gasteiger partial charge in [0, 0.05) is 10.2 Å². The molecule has 1 aromatic rings. The molecule has 1 amide bonds. The molecule has 2 N–H and O–H groups in total. The maximum absolute atomic E-state index is 12.1. The van der Waals surface area contributed by atoms with Gasteiger partial charge < -0.3 is 10.4 Å². The number of aliphatic carboxylic acids is 1. The van der Waals surface area contributed by atoms with Gasteiger partial charge in [0.25, 0.3) is 0 Å². The van der Waals surface area contributed by atoms with Gasteiger partial charge in [0.15, 0.2) is 0 Å². The maximum atomic E-state index is 12.1. The predicted octanol–water partition coefficient (Wildman–Crippen LogP) is 2.72. The van der Waals surface area contributed by atoms with Crippen molar-refractivity contribution >= 4 is 33.5 Å². The van der Waals surface area contributed by atoms with Crippen molar-refractivity contribution in [1.29, 1.82) is 0 Å². The minimum Gasteiger partial charge on any atom is -0.480 e. The number of nitrogens with zero attached hydrogens (tertiary/aromatic N) is 1. The average molecular weight is 355 g/mol. The second-order valence-electron chi connectivity index (χ2n) is 5.51. The van der Waals surface area contributed by atoms with E-state index in [4.69, 9.17) is 0 Å². The van der Waals surface area contributed by atoms with Gasteiger partial charge in [-0.1, -0.05) is 15.9 Å². The van der Waals surface area contributed by atoms with Crippen molar-refractivity contribution in [3.63, 3.8) is 0 Å². The fourth-order valence-corrected chi connectivity index (χ4v) is 2.84. The number of amides is 1. The van der Waals surface area contributed by atoms with Crippen LogP contribution in [0.3, 0.4) is 0 Å². The van der Waals surface area contributed by atoms with E-state index in [1.807, 2.05) is 12.1 Å². The van der Waals surface area contributed by atoms with Crippen molar-refractivity contribution in [3.05, 3.63) is 28.7 Å². The normalized spacial score (nSPS) is 22.8. The largest absolute Gasteiger partial charge is 0.480 e. The number of hydrogen-bond donors (Lipinski definition) is 2. The molecule has 6 heteroatoms. The summed E-state index contributed by atoms with van der Waals surface area (Å²) in [5.74, 6) is -1.05. The lowest BCUT2D eigenvalue weighted by Crippen LogP contribution is -2.57. The molecule has 0 saturated carbocycles. The second-order valence-corrected chi connectivity index (χ2v) is 6.43. The summed E-state index contributed by atoms with van der Waals surface area (Å²) in [6, 6.07) is 7.29. The number of rotatable bonds is 4. The SMILES string of the molecule is CC1(C(=O)O)CCCCN1CC(=O)Nc1ccc(Br)cc1. The van der Waals surface area contributed by atoms with Gasteiger partial charge in [0.05, 0.1) is 6.54 Å². The van der Waals surface area contributed by atoms with Crippen LogP contribution in [0.4, 0.5) is 5.69 Å². The highest BCUT2D eigenvalue weighted by molar-refractivity contribution is 9.10. The number of hydrogen-bond acceptors (Lipinski definition) is 3. The molecule has 1 saturated heterocycles. The zero-order valence-corrected chi connectivity index (χ0v) is 13.5. The van der Waals surface area contributed by atoms with E-state index < -0.39 is 11.5 Å². The van der Waals surface area contributed by atoms with E-state index in [0.29, 0.717) is 18.7 Å². The minimum atomic E-state index is -0.949. The van der Waals surface area contributed by atoms with Gasteiger partial charge in [-0.15, -0.1) is 0 Å². The molecule has 5 nitrogen and oxygen atoms in total. The van der Waals surface area contributed by atoms with Crippen LogP contribution in [0, 0.1) is 0 Å². The Morgan fingerprint density at radius 1 is 1.33 bits per heavy atom. The molecule has 1 heterocycles. The number of halogens is 1. The first-order valence-electron chi connectivity index (χ1n) is 6.96. The van der Waals surface area contributed by atoms with Crippen LogP contribution in [0.1, 0.15) is 26.2 Å². The lowest BCUT2D eigenvalue weighted by atomic mass is 9.88. The van der Waals surface area contributed by atoms with Gasteiger partial charge in [-0.25, -0.2) is 0 Å². The number of carboxylic acids is 1. The lowest BCUT2D eigenvalue weighted by molar-refractivity contribution is -0.153. The molecule has 1 fully saturated rings. The molecule has 1 unspecified atom stereocenters. The number of benzene rings is 1. The summed E-state index contributed by atoms with van der Waals surface area (Å²) >= 11 is 3.34. The third-order valence-electron chi connectivity index (χ3n) is 3.96. The maximum Gasteiger partial charge on any atom is 0.323 e. The molecular formula is C15H19BrN2O3. The van der Waals surface area contributed by atoms with E-state index in [2.05, 4.69) is 21.2 Å². The quantitative estimate of drug-likeness (QED) is 0.871. The van der Waals surface area contributed by atoms with Gasteiger partial charge in [0.2, 0.25) is 5.91 Å². The number of carbonyl (C=O) groups excluding carboxylic acids is 1. The van der Waals surface area contributed by atoms with Crippen molar-refractivity contribution in [2.24, 2.45) is 0 Å². The molecule has 1 atom stereocenters. The summed E-state index contributed by atoms with van der Waals surface area (Å²) < 4.78 is 0.940. The Balaban J connectivity index is 2.00. The molecule has 0 spiro atoms. The summed E-state index contributed by atoms with van der Waals surface area (Å²) in [6.45, 7) is 2.43. The summed E-state index contributed by atoms with van der Waals surface area (Å²) in [5, 5.41) is 12.2. The fourth-order valence-electron chi connectivity index (χ4n) is 2.58. The van der Waals surface area contributed by atoms with E-state index in [1.54, 1.807) is 24.0 Å². The molecule has 0 bridgehead atoms. The van der Waals surface area contributed by atoms with Crippen LogP contribution in [0.2, 0.25) is 0 Å². The highest BCUT2D eigenvalue weighted by Crippen LogP contribution is 2.28. The van der Waals surface area contributed by atoms with Crippen LogP contribution in [0.15, 0.2) is 28.7 Å². The zero-order valence-electron chi connectivity index (χ0n) is 11.9. The highest BCUT2D eigenvalue weighted by atomic mass is 79.9. The van der Waals surface area contributed by atoms with E-state index in [-0.39, 0.29) is 12.5 Å². The van der Waals surface area contributed by atoms with Gasteiger partial charge in [0.1, 0.15) is 5.54 Å². The molecule has 0 radical (unpaired) electrons. The second kappa shape index (κ2) is 6.58. The Morgan fingerprint density at radius 2 is 2.00 bits per heavy atom. The van der Waals surface area contributed by atoms with Gasteiger partial charge >= 0.3 is 5.97 Å². The molecule has 1 aromatic carbocycles. The zero-order chi connectivity index (χ0) is 15.5. The molecule has 21 heavy (non-hydrogen) atoms. The smallest absolute Gasteiger partial charge is 0.323 e. The van der Waals surface area contributed by atoms with Gasteiger partial charge in [-0.3, -0.25) is 14.5 Å². The Kier molecular flexibility index (Phi) is 5.00. The number of carbonyl (C=O) groups is 2.